The van der Waals surface area contributed by atoms with Crippen molar-refractivity contribution in [2.45, 2.75) is 96.0 Å². The number of aliphatic hydroxyl groups excluding tert-OH is 1. The van der Waals surface area contributed by atoms with Gasteiger partial charge in [-0.2, -0.15) is 0 Å². The summed E-state index contributed by atoms with van der Waals surface area (Å²) in [5.74, 6) is 3.39. The van der Waals surface area contributed by atoms with E-state index in [1.165, 1.54) is 70.9 Å². The van der Waals surface area contributed by atoms with Crippen LogP contribution in [0.15, 0.2) is 0 Å². The summed E-state index contributed by atoms with van der Waals surface area (Å²) in [5, 5.41) is 11.4. The second kappa shape index (κ2) is 5.48. The monoisotopic (exact) mass is 359 g/mol. The number of likely N-dealkylation sites (tertiary alicyclic amines) is 1. The molecule has 0 spiro atoms. The SMILES string of the molecule is C[C@]12C[C@@H]3O[C@@H]3CC1CCC1C2CC[C@@]2(C)C1C[C@H](N1CCCC1)C2O. The van der Waals surface area contributed by atoms with E-state index >= 15 is 0 Å². The molecule has 0 bridgehead atoms. The molecule has 2 heterocycles. The van der Waals surface area contributed by atoms with Crippen molar-refractivity contribution in [2.24, 2.45) is 34.5 Å². The van der Waals surface area contributed by atoms with E-state index in [0.29, 0.717) is 23.7 Å². The molecule has 2 saturated heterocycles. The average Bonchev–Trinajstić information content (AvgIpc) is 3.02. The number of rotatable bonds is 1. The van der Waals surface area contributed by atoms with E-state index in [1.54, 1.807) is 0 Å². The first-order chi connectivity index (χ1) is 12.5. The summed E-state index contributed by atoms with van der Waals surface area (Å²) in [5.41, 5.74) is 0.684. The molecule has 4 saturated carbocycles. The minimum absolute atomic E-state index is 0.0976. The van der Waals surface area contributed by atoms with Gasteiger partial charge < -0.3 is 9.84 Å². The van der Waals surface area contributed by atoms with Crippen LogP contribution in [0, 0.1) is 34.5 Å². The van der Waals surface area contributed by atoms with Gasteiger partial charge in [-0.1, -0.05) is 13.8 Å². The predicted molar refractivity (Wildman–Crippen MR) is 102 cm³/mol. The van der Waals surface area contributed by atoms with Gasteiger partial charge in [0.25, 0.3) is 0 Å². The fourth-order valence-corrected chi connectivity index (χ4v) is 8.93. The van der Waals surface area contributed by atoms with Crippen LogP contribution in [0.3, 0.4) is 0 Å². The van der Waals surface area contributed by atoms with E-state index < -0.39 is 0 Å². The van der Waals surface area contributed by atoms with E-state index in [2.05, 4.69) is 18.7 Å². The molecule has 26 heavy (non-hydrogen) atoms. The Balaban J connectivity index is 1.29. The number of epoxide rings is 1. The molecule has 4 aliphatic carbocycles. The lowest BCUT2D eigenvalue weighted by molar-refractivity contribution is -0.119. The summed E-state index contributed by atoms with van der Waals surface area (Å²) in [6, 6.07) is 0.444. The van der Waals surface area contributed by atoms with Gasteiger partial charge in [-0.15, -0.1) is 0 Å². The predicted octanol–water partition coefficient (Wildman–Crippen LogP) is 3.84. The Hall–Kier alpha value is -0.120. The summed E-state index contributed by atoms with van der Waals surface area (Å²) in [6.07, 6.45) is 13.1. The molecule has 3 nitrogen and oxygen atoms in total. The Bertz CT molecular complexity index is 589. The number of aliphatic hydroxyl groups is 1. The molecule has 146 valence electrons. The highest BCUT2D eigenvalue weighted by Gasteiger charge is 2.65. The zero-order valence-corrected chi connectivity index (χ0v) is 16.7. The van der Waals surface area contributed by atoms with Crippen LogP contribution in [0.25, 0.3) is 0 Å². The Kier molecular flexibility index (Phi) is 3.54. The number of hydrogen-bond acceptors (Lipinski definition) is 3. The van der Waals surface area contributed by atoms with Gasteiger partial charge in [-0.25, -0.2) is 0 Å². The van der Waals surface area contributed by atoms with Crippen LogP contribution in [-0.2, 0) is 4.74 Å². The lowest BCUT2D eigenvalue weighted by Crippen LogP contribution is -2.54. The van der Waals surface area contributed by atoms with Crippen LogP contribution >= 0.6 is 0 Å². The van der Waals surface area contributed by atoms with E-state index in [0.717, 1.165) is 23.7 Å². The fourth-order valence-electron chi connectivity index (χ4n) is 8.93. The Labute approximate surface area is 158 Å². The summed E-state index contributed by atoms with van der Waals surface area (Å²) >= 11 is 0. The van der Waals surface area contributed by atoms with Crippen molar-refractivity contribution in [3.63, 3.8) is 0 Å². The number of nitrogens with zero attached hydrogens (tertiary/aromatic N) is 1. The van der Waals surface area contributed by atoms with Crippen molar-refractivity contribution in [1.29, 1.82) is 0 Å². The number of hydrogen-bond donors (Lipinski definition) is 1. The Morgan fingerprint density at radius 3 is 2.54 bits per heavy atom. The van der Waals surface area contributed by atoms with Crippen molar-refractivity contribution in [3.05, 3.63) is 0 Å². The fraction of sp³-hybridized carbons (Fsp3) is 1.00. The summed E-state index contributed by atoms with van der Waals surface area (Å²) < 4.78 is 5.98. The third-order valence-electron chi connectivity index (χ3n) is 10.5. The molecular formula is C23H37NO2. The summed E-state index contributed by atoms with van der Waals surface area (Å²) in [4.78, 5) is 2.64. The molecule has 5 unspecified atom stereocenters. The van der Waals surface area contributed by atoms with E-state index in [-0.39, 0.29) is 11.5 Å². The molecule has 6 rings (SSSR count). The van der Waals surface area contributed by atoms with Gasteiger partial charge in [0.15, 0.2) is 0 Å². The normalized spacial score (nSPS) is 61.5. The van der Waals surface area contributed by atoms with Gasteiger partial charge in [0.05, 0.1) is 18.3 Å². The minimum atomic E-state index is -0.0976. The lowest BCUT2D eigenvalue weighted by atomic mass is 9.45. The molecule has 0 aromatic rings. The van der Waals surface area contributed by atoms with Gasteiger partial charge in [-0.05, 0) is 105 Å². The van der Waals surface area contributed by atoms with Gasteiger partial charge in [0, 0.05) is 6.04 Å². The first kappa shape index (κ1) is 16.8. The van der Waals surface area contributed by atoms with Crippen molar-refractivity contribution in [1.82, 2.24) is 4.90 Å². The van der Waals surface area contributed by atoms with Crippen LogP contribution in [0.4, 0.5) is 0 Å². The highest BCUT2D eigenvalue weighted by atomic mass is 16.6. The van der Waals surface area contributed by atoms with E-state index in [1.807, 2.05) is 0 Å². The van der Waals surface area contributed by atoms with Gasteiger partial charge in [-0.3, -0.25) is 4.90 Å². The minimum Gasteiger partial charge on any atom is -0.391 e. The largest absolute Gasteiger partial charge is 0.391 e. The molecule has 3 heteroatoms. The maximum Gasteiger partial charge on any atom is 0.0847 e. The summed E-state index contributed by atoms with van der Waals surface area (Å²) in [6.45, 7) is 7.51. The molecule has 0 amide bonds. The Morgan fingerprint density at radius 1 is 0.923 bits per heavy atom. The van der Waals surface area contributed by atoms with Gasteiger partial charge in [0.1, 0.15) is 0 Å². The highest BCUT2D eigenvalue weighted by Crippen LogP contribution is 2.68. The van der Waals surface area contributed by atoms with Crippen LogP contribution < -0.4 is 0 Å². The van der Waals surface area contributed by atoms with Crippen LogP contribution in [0.1, 0.15) is 71.6 Å². The number of ether oxygens (including phenoxy) is 1. The van der Waals surface area contributed by atoms with Crippen molar-refractivity contribution < 1.29 is 9.84 Å². The third-order valence-corrected chi connectivity index (χ3v) is 10.5. The van der Waals surface area contributed by atoms with Crippen LogP contribution in [-0.4, -0.2) is 47.4 Å². The van der Waals surface area contributed by atoms with Crippen molar-refractivity contribution in [3.8, 4) is 0 Å². The second-order valence-electron chi connectivity index (χ2n) is 11.3. The van der Waals surface area contributed by atoms with Crippen LogP contribution in [0.5, 0.6) is 0 Å². The standard InChI is InChI=1S/C23H37NO2/c1-22-8-7-16-15(6-5-14-11-19-20(26-19)13-23(14,16)2)17(22)12-18(21(22)25)24-9-3-4-10-24/h14-21,25H,3-13H2,1-2H3/t14?,15?,16?,17?,18-,19+,20-,21?,22-,23-/m0/s1. The molecule has 0 radical (unpaired) electrons. The maximum atomic E-state index is 11.4. The van der Waals surface area contributed by atoms with E-state index in [4.69, 9.17) is 4.74 Å². The lowest BCUT2D eigenvalue weighted by Gasteiger charge is -2.59. The zero-order valence-electron chi connectivity index (χ0n) is 16.7. The topological polar surface area (TPSA) is 36.0 Å². The van der Waals surface area contributed by atoms with Gasteiger partial charge >= 0.3 is 0 Å². The van der Waals surface area contributed by atoms with E-state index in [9.17, 15) is 5.11 Å². The summed E-state index contributed by atoms with van der Waals surface area (Å²) in [7, 11) is 0. The zero-order chi connectivity index (χ0) is 17.7. The molecule has 10 atom stereocenters. The molecule has 1 N–H and O–H groups in total. The smallest absolute Gasteiger partial charge is 0.0847 e. The molecular weight excluding hydrogens is 322 g/mol. The number of fused-ring (bicyclic) bond motifs is 6. The molecule has 6 fully saturated rings. The first-order valence-electron chi connectivity index (χ1n) is 11.6. The Morgan fingerprint density at radius 2 is 1.73 bits per heavy atom. The van der Waals surface area contributed by atoms with Crippen LogP contribution in [0.2, 0.25) is 0 Å². The van der Waals surface area contributed by atoms with Crippen molar-refractivity contribution >= 4 is 0 Å². The van der Waals surface area contributed by atoms with Gasteiger partial charge in [0.2, 0.25) is 0 Å². The third kappa shape index (κ3) is 2.12. The maximum absolute atomic E-state index is 11.4. The second-order valence-corrected chi connectivity index (χ2v) is 11.3. The average molecular weight is 360 g/mol. The molecule has 6 aliphatic rings. The molecule has 0 aromatic carbocycles. The van der Waals surface area contributed by atoms with Crippen molar-refractivity contribution in [2.75, 3.05) is 13.1 Å². The molecule has 2 aliphatic heterocycles. The molecule has 0 aromatic heterocycles. The first-order valence-corrected chi connectivity index (χ1v) is 11.6. The highest BCUT2D eigenvalue weighted by molar-refractivity contribution is 5.15. The quantitative estimate of drug-likeness (QED) is 0.723.